The first-order valence-corrected chi connectivity index (χ1v) is 7.18. The zero-order valence-electron chi connectivity index (χ0n) is 9.75. The third-order valence-electron chi connectivity index (χ3n) is 2.46. The van der Waals surface area contributed by atoms with Gasteiger partial charge >= 0.3 is 0 Å². The Morgan fingerprint density at radius 3 is 1.89 bits per heavy atom. The van der Waals surface area contributed by atoms with Crippen molar-refractivity contribution in [2.24, 2.45) is 0 Å². The summed E-state index contributed by atoms with van der Waals surface area (Å²) in [5.41, 5.74) is 0.780. The molecule has 100 valence electrons. The maximum absolute atomic E-state index is 9.87. The summed E-state index contributed by atoms with van der Waals surface area (Å²) in [6.07, 6.45) is 0. The molecule has 2 aromatic carbocycles. The van der Waals surface area contributed by atoms with E-state index in [1.165, 1.54) is 12.1 Å². The maximum atomic E-state index is 9.87. The Morgan fingerprint density at radius 1 is 0.789 bits per heavy atom. The molecule has 19 heavy (non-hydrogen) atoms. The molecule has 0 heterocycles. The van der Waals surface area contributed by atoms with Gasteiger partial charge in [0.2, 0.25) is 0 Å². The van der Waals surface area contributed by atoms with E-state index in [4.69, 9.17) is 34.8 Å². The van der Waals surface area contributed by atoms with Crippen LogP contribution >= 0.6 is 46.6 Å². The summed E-state index contributed by atoms with van der Waals surface area (Å²) in [6, 6.07) is 6.11. The highest BCUT2D eigenvalue weighted by atomic mass is 35.5. The predicted molar refractivity (Wildman–Crippen MR) is 80.1 cm³/mol. The van der Waals surface area contributed by atoms with Crippen LogP contribution in [0.4, 0.5) is 0 Å². The molecule has 0 aliphatic heterocycles. The van der Waals surface area contributed by atoms with E-state index in [2.05, 4.69) is 0 Å². The van der Waals surface area contributed by atoms with Crippen molar-refractivity contribution in [2.75, 3.05) is 0 Å². The fourth-order valence-electron chi connectivity index (χ4n) is 1.45. The molecule has 2 nitrogen and oxygen atoms in total. The lowest BCUT2D eigenvalue weighted by Crippen LogP contribution is -1.82. The average molecular weight is 336 g/mol. The molecule has 0 fully saturated rings. The topological polar surface area (TPSA) is 40.5 Å². The lowest BCUT2D eigenvalue weighted by Gasteiger charge is -2.09. The first-order valence-electron chi connectivity index (χ1n) is 5.23. The summed E-state index contributed by atoms with van der Waals surface area (Å²) < 4.78 is 0. The van der Waals surface area contributed by atoms with Crippen LogP contribution in [0.1, 0.15) is 5.56 Å². The van der Waals surface area contributed by atoms with Crippen molar-refractivity contribution in [1.82, 2.24) is 0 Å². The molecule has 2 N–H and O–H groups in total. The lowest BCUT2D eigenvalue weighted by atomic mass is 10.2. The van der Waals surface area contributed by atoms with Gasteiger partial charge in [-0.2, -0.15) is 0 Å². The van der Waals surface area contributed by atoms with Crippen LogP contribution in [0.5, 0.6) is 11.5 Å². The SMILES string of the molecule is Cc1cc(O)c(Sc2cc(Cl)c(Cl)cc2O)cc1Cl. The van der Waals surface area contributed by atoms with E-state index in [-0.39, 0.29) is 16.5 Å². The molecule has 0 amide bonds. The van der Waals surface area contributed by atoms with E-state index in [1.807, 2.05) is 0 Å². The highest BCUT2D eigenvalue weighted by Gasteiger charge is 2.12. The van der Waals surface area contributed by atoms with E-state index < -0.39 is 0 Å². The van der Waals surface area contributed by atoms with Crippen molar-refractivity contribution in [1.29, 1.82) is 0 Å². The van der Waals surface area contributed by atoms with Gasteiger partial charge in [-0.3, -0.25) is 0 Å². The molecule has 6 heteroatoms. The van der Waals surface area contributed by atoms with Crippen molar-refractivity contribution in [3.05, 3.63) is 44.9 Å². The van der Waals surface area contributed by atoms with Crippen molar-refractivity contribution >= 4 is 46.6 Å². The second kappa shape index (κ2) is 5.71. The Morgan fingerprint density at radius 2 is 1.26 bits per heavy atom. The summed E-state index contributed by atoms with van der Waals surface area (Å²) in [5, 5.41) is 20.8. The molecular weight excluding hydrogens is 327 g/mol. The van der Waals surface area contributed by atoms with Crippen molar-refractivity contribution < 1.29 is 10.2 Å². The number of rotatable bonds is 2. The van der Waals surface area contributed by atoms with Crippen molar-refractivity contribution in [2.45, 2.75) is 16.7 Å². The predicted octanol–water partition coefficient (Wildman–Crippen LogP) is 5.52. The number of benzene rings is 2. The number of hydrogen-bond acceptors (Lipinski definition) is 3. The van der Waals surface area contributed by atoms with E-state index >= 15 is 0 Å². The molecule has 0 aliphatic carbocycles. The number of phenols is 2. The van der Waals surface area contributed by atoms with Gasteiger partial charge in [0.05, 0.1) is 19.8 Å². The highest BCUT2D eigenvalue weighted by Crippen LogP contribution is 2.43. The number of hydrogen-bond donors (Lipinski definition) is 2. The number of aryl methyl sites for hydroxylation is 1. The van der Waals surface area contributed by atoms with Gasteiger partial charge in [-0.05, 0) is 30.7 Å². The highest BCUT2D eigenvalue weighted by molar-refractivity contribution is 7.99. The molecule has 0 saturated heterocycles. The van der Waals surface area contributed by atoms with Gasteiger partial charge in [-0.15, -0.1) is 0 Å². The van der Waals surface area contributed by atoms with Crippen LogP contribution in [0.2, 0.25) is 15.1 Å². The lowest BCUT2D eigenvalue weighted by molar-refractivity contribution is 0.459. The summed E-state index contributed by atoms with van der Waals surface area (Å²) in [4.78, 5) is 1.02. The number of aromatic hydroxyl groups is 2. The second-order valence-electron chi connectivity index (χ2n) is 3.91. The van der Waals surface area contributed by atoms with E-state index in [0.717, 1.165) is 17.3 Å². The van der Waals surface area contributed by atoms with Crippen LogP contribution in [-0.2, 0) is 0 Å². The van der Waals surface area contributed by atoms with E-state index in [1.54, 1.807) is 19.1 Å². The normalized spacial score (nSPS) is 10.7. The van der Waals surface area contributed by atoms with Gasteiger partial charge in [0.15, 0.2) is 0 Å². The Balaban J connectivity index is 2.42. The van der Waals surface area contributed by atoms with Crippen LogP contribution in [0.3, 0.4) is 0 Å². The van der Waals surface area contributed by atoms with Crippen LogP contribution < -0.4 is 0 Å². The first-order chi connectivity index (χ1) is 8.88. The summed E-state index contributed by atoms with van der Waals surface area (Å²) in [6.45, 7) is 1.80. The smallest absolute Gasteiger partial charge is 0.131 e. The molecule has 0 saturated carbocycles. The van der Waals surface area contributed by atoms with Crippen LogP contribution in [0, 0.1) is 6.92 Å². The van der Waals surface area contributed by atoms with Gasteiger partial charge in [-0.25, -0.2) is 0 Å². The summed E-state index contributed by atoms with van der Waals surface area (Å²) in [5.74, 6) is 0.0906. The molecule has 0 radical (unpaired) electrons. The zero-order chi connectivity index (χ0) is 14.2. The molecule has 0 unspecified atom stereocenters. The minimum atomic E-state index is -0.00417. The quantitative estimate of drug-likeness (QED) is 0.759. The first kappa shape index (κ1) is 14.7. The van der Waals surface area contributed by atoms with Gasteiger partial charge in [0.1, 0.15) is 11.5 Å². The molecular formula is C13H9Cl3O2S. The van der Waals surface area contributed by atoms with Crippen LogP contribution in [-0.4, -0.2) is 10.2 Å². The number of halogens is 3. The second-order valence-corrected chi connectivity index (χ2v) is 6.21. The third-order valence-corrected chi connectivity index (χ3v) is 4.69. The van der Waals surface area contributed by atoms with Gasteiger partial charge in [0, 0.05) is 11.1 Å². The molecule has 0 spiro atoms. The minimum absolute atomic E-state index is 0.00417. The molecule has 0 atom stereocenters. The van der Waals surface area contributed by atoms with Crippen LogP contribution in [0.25, 0.3) is 0 Å². The van der Waals surface area contributed by atoms with E-state index in [9.17, 15) is 10.2 Å². The number of phenolic OH excluding ortho intramolecular Hbond substituents is 2. The third kappa shape index (κ3) is 3.23. The standard InChI is InChI=1S/C13H9Cl3O2S/c1-6-2-10(17)12(4-7(6)14)19-13-5-9(16)8(15)3-11(13)18/h2-5,17-18H,1H3. The molecule has 2 aromatic rings. The molecule has 2 rings (SSSR count). The Labute approximate surface area is 129 Å². The monoisotopic (exact) mass is 334 g/mol. The van der Waals surface area contributed by atoms with Crippen molar-refractivity contribution in [3.8, 4) is 11.5 Å². The fraction of sp³-hybridized carbons (Fsp3) is 0.0769. The Hall–Kier alpha value is -0.740. The molecule has 0 bridgehead atoms. The van der Waals surface area contributed by atoms with Gasteiger partial charge < -0.3 is 10.2 Å². The Kier molecular flexibility index (Phi) is 4.41. The molecule has 0 aromatic heterocycles. The largest absolute Gasteiger partial charge is 0.507 e. The van der Waals surface area contributed by atoms with Crippen LogP contribution in [0.15, 0.2) is 34.1 Å². The Bertz CT molecular complexity index is 589. The summed E-state index contributed by atoms with van der Waals surface area (Å²) in [7, 11) is 0. The maximum Gasteiger partial charge on any atom is 0.131 e. The fourth-order valence-corrected chi connectivity index (χ4v) is 2.98. The van der Waals surface area contributed by atoms with Gasteiger partial charge in [-0.1, -0.05) is 46.6 Å². The average Bonchev–Trinajstić information content (AvgIpc) is 2.32. The zero-order valence-corrected chi connectivity index (χ0v) is 12.8. The van der Waals surface area contributed by atoms with Gasteiger partial charge in [0.25, 0.3) is 0 Å². The van der Waals surface area contributed by atoms with Crippen molar-refractivity contribution in [3.63, 3.8) is 0 Å². The summed E-state index contributed by atoms with van der Waals surface area (Å²) >= 11 is 18.9. The minimum Gasteiger partial charge on any atom is -0.507 e. The molecule has 0 aliphatic rings. The van der Waals surface area contributed by atoms with E-state index in [0.29, 0.717) is 19.8 Å².